The molecule has 166 valence electrons. The molecule has 5 nitrogen and oxygen atoms in total. The SMILES string of the molecule is Cc1ccc(-c2cc(OC3CCOC3)cc(C(=O)N[C@](C)(I)c3ccc(C)nc3)c2)cc1. The van der Waals surface area contributed by atoms with Crippen molar-refractivity contribution >= 4 is 28.5 Å². The van der Waals surface area contributed by atoms with Gasteiger partial charge in [0.15, 0.2) is 0 Å². The van der Waals surface area contributed by atoms with Crippen molar-refractivity contribution in [1.29, 1.82) is 0 Å². The van der Waals surface area contributed by atoms with E-state index in [9.17, 15) is 4.79 Å². The Balaban J connectivity index is 1.64. The van der Waals surface area contributed by atoms with Gasteiger partial charge < -0.3 is 14.8 Å². The number of carbonyl (C=O) groups excluding carboxylic acids is 1. The monoisotopic (exact) mass is 542 g/mol. The molecule has 2 heterocycles. The van der Waals surface area contributed by atoms with Crippen LogP contribution < -0.4 is 10.1 Å². The molecular formula is C26H27IN2O3. The van der Waals surface area contributed by atoms with Crippen molar-refractivity contribution in [3.63, 3.8) is 0 Å². The van der Waals surface area contributed by atoms with Crippen molar-refractivity contribution in [2.75, 3.05) is 13.2 Å². The summed E-state index contributed by atoms with van der Waals surface area (Å²) < 4.78 is 11.0. The number of rotatable bonds is 6. The van der Waals surface area contributed by atoms with Crippen molar-refractivity contribution in [2.45, 2.75) is 36.8 Å². The van der Waals surface area contributed by atoms with Crippen LogP contribution in [-0.4, -0.2) is 30.2 Å². The predicted molar refractivity (Wildman–Crippen MR) is 134 cm³/mol. The second-order valence-electron chi connectivity index (χ2n) is 8.36. The summed E-state index contributed by atoms with van der Waals surface area (Å²) in [5, 5.41) is 3.14. The van der Waals surface area contributed by atoms with Crippen LogP contribution in [0.1, 0.15) is 40.5 Å². The van der Waals surface area contributed by atoms with E-state index in [-0.39, 0.29) is 12.0 Å². The lowest BCUT2D eigenvalue weighted by molar-refractivity contribution is 0.0935. The molecule has 4 rings (SSSR count). The first kappa shape index (κ1) is 22.7. The number of amides is 1. The molecule has 6 heteroatoms. The quantitative estimate of drug-likeness (QED) is 0.252. The number of nitrogens with one attached hydrogen (secondary N) is 1. The van der Waals surface area contributed by atoms with Crippen LogP contribution in [0.4, 0.5) is 0 Å². The largest absolute Gasteiger partial charge is 0.488 e. The molecule has 0 bridgehead atoms. The first-order valence-electron chi connectivity index (χ1n) is 10.7. The van der Waals surface area contributed by atoms with Crippen molar-refractivity contribution < 1.29 is 14.3 Å². The van der Waals surface area contributed by atoms with Crippen molar-refractivity contribution in [2.24, 2.45) is 0 Å². The maximum absolute atomic E-state index is 13.3. The number of aromatic nitrogens is 1. The molecule has 1 amide bonds. The second-order valence-corrected chi connectivity index (χ2v) is 10.5. The number of carbonyl (C=O) groups is 1. The Hall–Kier alpha value is -2.45. The lowest BCUT2D eigenvalue weighted by Crippen LogP contribution is -2.38. The van der Waals surface area contributed by atoms with E-state index in [1.807, 2.05) is 44.2 Å². The number of aryl methyl sites for hydroxylation is 2. The van der Waals surface area contributed by atoms with Gasteiger partial charge in [0.05, 0.1) is 13.2 Å². The number of halogens is 1. The zero-order valence-electron chi connectivity index (χ0n) is 18.5. The normalized spacial score (nSPS) is 17.6. The zero-order chi connectivity index (χ0) is 22.7. The van der Waals surface area contributed by atoms with Crippen LogP contribution in [0.15, 0.2) is 60.8 Å². The molecule has 1 unspecified atom stereocenters. The van der Waals surface area contributed by atoms with Crippen molar-refractivity contribution in [1.82, 2.24) is 10.3 Å². The Morgan fingerprint density at radius 3 is 2.56 bits per heavy atom. The van der Waals surface area contributed by atoms with Crippen LogP contribution >= 0.6 is 22.6 Å². The second kappa shape index (κ2) is 9.58. The van der Waals surface area contributed by atoms with Crippen LogP contribution in [0, 0.1) is 13.8 Å². The highest BCUT2D eigenvalue weighted by Gasteiger charge is 2.27. The highest BCUT2D eigenvalue weighted by Crippen LogP contribution is 2.31. The summed E-state index contributed by atoms with van der Waals surface area (Å²) in [4.78, 5) is 17.7. The van der Waals surface area contributed by atoms with E-state index >= 15 is 0 Å². The lowest BCUT2D eigenvalue weighted by Gasteiger charge is -2.25. The molecule has 1 saturated heterocycles. The van der Waals surface area contributed by atoms with Crippen molar-refractivity contribution in [3.8, 4) is 16.9 Å². The average Bonchev–Trinajstić information content (AvgIpc) is 3.27. The summed E-state index contributed by atoms with van der Waals surface area (Å²) in [5.41, 5.74) is 5.60. The van der Waals surface area contributed by atoms with E-state index in [1.165, 1.54) is 5.56 Å². The molecular weight excluding hydrogens is 515 g/mol. The average molecular weight is 542 g/mol. The molecule has 2 aromatic carbocycles. The Kier molecular flexibility index (Phi) is 6.81. The number of hydrogen-bond acceptors (Lipinski definition) is 4. The fraction of sp³-hybridized carbons (Fsp3) is 0.308. The fourth-order valence-electron chi connectivity index (χ4n) is 3.61. The van der Waals surface area contributed by atoms with Crippen molar-refractivity contribution in [3.05, 3.63) is 83.2 Å². The van der Waals surface area contributed by atoms with Crippen LogP contribution in [0.3, 0.4) is 0 Å². The minimum Gasteiger partial charge on any atom is -0.488 e. The summed E-state index contributed by atoms with van der Waals surface area (Å²) >= 11 is 2.25. The third kappa shape index (κ3) is 5.48. The number of ether oxygens (including phenoxy) is 2. The van der Waals surface area contributed by atoms with Gasteiger partial charge in [-0.1, -0.05) is 35.9 Å². The van der Waals surface area contributed by atoms with Gasteiger partial charge in [-0.2, -0.15) is 0 Å². The number of nitrogens with zero attached hydrogens (tertiary/aromatic N) is 1. The minimum absolute atomic E-state index is 0.00709. The zero-order valence-corrected chi connectivity index (χ0v) is 20.7. The number of hydrogen-bond donors (Lipinski definition) is 1. The Bertz CT molecular complexity index is 1090. The maximum atomic E-state index is 13.3. The molecule has 1 aliphatic rings. The summed E-state index contributed by atoms with van der Waals surface area (Å²) in [6.45, 7) is 7.24. The van der Waals surface area contributed by atoms with E-state index in [2.05, 4.69) is 64.1 Å². The fourth-order valence-corrected chi connectivity index (χ4v) is 4.18. The summed E-state index contributed by atoms with van der Waals surface area (Å²) in [7, 11) is 0. The molecule has 1 aliphatic heterocycles. The molecule has 2 atom stereocenters. The standard InChI is InChI=1S/C26H27IN2O3/c1-17-4-7-19(8-5-17)20-12-21(14-24(13-20)32-23-10-11-31-16-23)25(30)29-26(3,27)22-9-6-18(2)28-15-22/h4-9,12-15,23H,10-11,16H2,1-3H3,(H,29,30)/t23?,26-/m0/s1. The van der Waals surface area contributed by atoms with Gasteiger partial charge >= 0.3 is 0 Å². The number of alkyl halides is 1. The molecule has 1 N–H and O–H groups in total. The van der Waals surface area contributed by atoms with E-state index in [4.69, 9.17) is 9.47 Å². The highest BCUT2D eigenvalue weighted by molar-refractivity contribution is 14.1. The van der Waals surface area contributed by atoms with Crippen LogP contribution in [0.25, 0.3) is 11.1 Å². The van der Waals surface area contributed by atoms with Gasteiger partial charge in [0.2, 0.25) is 0 Å². The van der Waals surface area contributed by atoms with Gasteiger partial charge in [0.25, 0.3) is 5.91 Å². The predicted octanol–water partition coefficient (Wildman–Crippen LogP) is 5.57. The Labute approximate surface area is 202 Å². The topological polar surface area (TPSA) is 60.5 Å². The molecule has 0 spiro atoms. The molecule has 1 aromatic heterocycles. The van der Waals surface area contributed by atoms with Crippen LogP contribution in [0.5, 0.6) is 5.75 Å². The summed E-state index contributed by atoms with van der Waals surface area (Å²) in [6, 6.07) is 17.9. The third-order valence-corrected chi connectivity index (χ3v) is 6.44. The molecule has 32 heavy (non-hydrogen) atoms. The number of benzene rings is 2. The molecule has 0 saturated carbocycles. The summed E-state index contributed by atoms with van der Waals surface area (Å²) in [6.07, 6.45) is 2.66. The smallest absolute Gasteiger partial charge is 0.252 e. The first-order valence-corrected chi connectivity index (χ1v) is 11.8. The lowest BCUT2D eigenvalue weighted by atomic mass is 10.0. The van der Waals surface area contributed by atoms with Gasteiger partial charge in [0, 0.05) is 29.4 Å². The summed E-state index contributed by atoms with van der Waals surface area (Å²) in [5.74, 6) is 0.514. The Morgan fingerprint density at radius 2 is 1.91 bits per heavy atom. The highest BCUT2D eigenvalue weighted by atomic mass is 127. The number of pyridine rings is 1. The van der Waals surface area contributed by atoms with Gasteiger partial charge in [-0.15, -0.1) is 0 Å². The van der Waals surface area contributed by atoms with Crippen LogP contribution in [-0.2, 0) is 8.28 Å². The maximum Gasteiger partial charge on any atom is 0.252 e. The third-order valence-electron chi connectivity index (χ3n) is 5.55. The Morgan fingerprint density at radius 1 is 1.12 bits per heavy atom. The van der Waals surface area contributed by atoms with Gasteiger partial charge in [-0.05, 0) is 78.8 Å². The first-order chi connectivity index (χ1) is 15.3. The van der Waals surface area contributed by atoms with Crippen LogP contribution in [0.2, 0.25) is 0 Å². The minimum atomic E-state index is -0.601. The van der Waals surface area contributed by atoms with Gasteiger partial charge in [-0.3, -0.25) is 9.78 Å². The van der Waals surface area contributed by atoms with Gasteiger partial charge in [-0.25, -0.2) is 0 Å². The van der Waals surface area contributed by atoms with E-state index in [1.54, 1.807) is 6.20 Å². The molecule has 1 fully saturated rings. The molecule has 0 aliphatic carbocycles. The van der Waals surface area contributed by atoms with Gasteiger partial charge in [0.1, 0.15) is 15.4 Å². The van der Waals surface area contributed by atoms with E-state index in [0.717, 1.165) is 28.8 Å². The molecule has 0 radical (unpaired) electrons. The van der Waals surface area contributed by atoms with E-state index in [0.29, 0.717) is 24.5 Å². The molecule has 3 aromatic rings. The van der Waals surface area contributed by atoms with E-state index < -0.39 is 3.55 Å².